The van der Waals surface area contributed by atoms with Crippen LogP contribution in [0.5, 0.6) is 5.75 Å². The Bertz CT molecular complexity index is 1620. The van der Waals surface area contributed by atoms with Gasteiger partial charge in [-0.15, -0.1) is 18.3 Å². The fourth-order valence-corrected chi connectivity index (χ4v) is 4.32. The molecule has 2 N–H and O–H groups in total. The molecule has 0 saturated heterocycles. The van der Waals surface area contributed by atoms with Crippen LogP contribution in [0, 0.1) is 0 Å². The van der Waals surface area contributed by atoms with Crippen molar-refractivity contribution in [2.24, 2.45) is 0 Å². The van der Waals surface area contributed by atoms with Crippen LogP contribution < -0.4 is 15.4 Å². The number of pyridine rings is 1. The van der Waals surface area contributed by atoms with Crippen molar-refractivity contribution in [2.45, 2.75) is 19.7 Å². The molecular weight excluding hydrogens is 537 g/mol. The van der Waals surface area contributed by atoms with E-state index in [2.05, 4.69) is 49.5 Å². The summed E-state index contributed by atoms with van der Waals surface area (Å²) in [5.41, 5.74) is 5.33. The molecule has 0 aliphatic rings. The monoisotopic (exact) mass is 560 g/mol. The van der Waals surface area contributed by atoms with Crippen molar-refractivity contribution in [1.82, 2.24) is 19.7 Å². The molecule has 0 fully saturated rings. The van der Waals surface area contributed by atoms with Gasteiger partial charge < -0.3 is 15.4 Å². The molecule has 0 aliphatic carbocycles. The van der Waals surface area contributed by atoms with Crippen LogP contribution in [-0.4, -0.2) is 31.2 Å². The number of rotatable bonds is 7. The van der Waals surface area contributed by atoms with Crippen LogP contribution in [0.25, 0.3) is 28.2 Å². The van der Waals surface area contributed by atoms with E-state index in [1.807, 2.05) is 48.5 Å². The van der Waals surface area contributed by atoms with Gasteiger partial charge in [0.1, 0.15) is 17.9 Å². The Labute approximate surface area is 233 Å². The van der Waals surface area contributed by atoms with Crippen LogP contribution in [0.1, 0.15) is 12.5 Å². The molecular formula is C29H23F3N6OS. The van der Waals surface area contributed by atoms with Gasteiger partial charge in [-0.2, -0.15) is 0 Å². The largest absolute Gasteiger partial charge is 0.573 e. The van der Waals surface area contributed by atoms with Crippen molar-refractivity contribution in [2.75, 3.05) is 10.6 Å². The smallest absolute Gasteiger partial charge is 0.406 e. The summed E-state index contributed by atoms with van der Waals surface area (Å²) in [6.07, 6.45) is -0.642. The number of nitrogens with zero attached hydrogens (tertiary/aromatic N) is 4. The number of alkyl halides is 3. The molecule has 2 aromatic heterocycles. The highest BCUT2D eigenvalue weighted by Gasteiger charge is 2.31. The predicted molar refractivity (Wildman–Crippen MR) is 152 cm³/mol. The Hall–Kier alpha value is -4.77. The molecule has 0 bridgehead atoms. The van der Waals surface area contributed by atoms with E-state index >= 15 is 0 Å². The van der Waals surface area contributed by atoms with Gasteiger partial charge >= 0.3 is 6.36 Å². The topological polar surface area (TPSA) is 76.9 Å². The molecule has 0 atom stereocenters. The lowest BCUT2D eigenvalue weighted by molar-refractivity contribution is -0.274. The van der Waals surface area contributed by atoms with Gasteiger partial charge in [0.25, 0.3) is 0 Å². The van der Waals surface area contributed by atoms with E-state index in [9.17, 15) is 13.2 Å². The highest BCUT2D eigenvalue weighted by atomic mass is 32.1. The third kappa shape index (κ3) is 6.44. The molecule has 5 aromatic rings. The number of ether oxygens (including phenoxy) is 1. The lowest BCUT2D eigenvalue weighted by Gasteiger charge is -2.15. The van der Waals surface area contributed by atoms with Gasteiger partial charge in [-0.05, 0) is 90.4 Å². The second-order valence-corrected chi connectivity index (χ2v) is 9.03. The Balaban J connectivity index is 1.25. The van der Waals surface area contributed by atoms with Gasteiger partial charge in [-0.3, -0.25) is 0 Å². The number of hydrogen-bond acceptors (Lipinski definition) is 5. The zero-order valence-electron chi connectivity index (χ0n) is 21.2. The molecule has 11 heteroatoms. The van der Waals surface area contributed by atoms with E-state index in [-0.39, 0.29) is 5.75 Å². The molecule has 0 saturated carbocycles. The van der Waals surface area contributed by atoms with Crippen molar-refractivity contribution in [3.8, 4) is 34.0 Å². The second-order valence-electron chi connectivity index (χ2n) is 8.62. The minimum Gasteiger partial charge on any atom is -0.406 e. The Morgan fingerprint density at radius 2 is 1.60 bits per heavy atom. The maximum absolute atomic E-state index is 12.4. The maximum Gasteiger partial charge on any atom is 0.573 e. The van der Waals surface area contributed by atoms with E-state index < -0.39 is 6.36 Å². The number of hydrogen-bond donors (Lipinski definition) is 2. The molecule has 2 heterocycles. The maximum atomic E-state index is 12.4. The number of benzene rings is 3. The van der Waals surface area contributed by atoms with Crippen molar-refractivity contribution in [3.05, 3.63) is 103 Å². The van der Waals surface area contributed by atoms with Gasteiger partial charge in [-0.25, -0.2) is 14.6 Å². The standard InChI is InChI=1S/C29H23F3N6OS/c1-2-19-6-3-4-7-24(19)25-8-5-17-33-27(25)36-28(40)35-21-11-9-20(10-12-21)26-34-18-38(37-26)22-13-15-23(16-14-22)39-29(30,31)32/h3-18H,2H2,1H3,(H2,33,35,36,40). The average Bonchev–Trinajstić information content (AvgIpc) is 3.44. The molecule has 0 radical (unpaired) electrons. The van der Waals surface area contributed by atoms with Crippen molar-refractivity contribution < 1.29 is 17.9 Å². The first-order chi connectivity index (χ1) is 19.3. The molecule has 0 amide bonds. The number of anilines is 2. The molecule has 40 heavy (non-hydrogen) atoms. The van der Waals surface area contributed by atoms with Crippen LogP contribution in [0.2, 0.25) is 0 Å². The molecule has 0 spiro atoms. The van der Waals surface area contributed by atoms with Crippen LogP contribution >= 0.6 is 12.2 Å². The lowest BCUT2D eigenvalue weighted by atomic mass is 9.98. The van der Waals surface area contributed by atoms with Crippen LogP contribution in [0.3, 0.4) is 0 Å². The summed E-state index contributed by atoms with van der Waals surface area (Å²) in [7, 11) is 0. The van der Waals surface area contributed by atoms with Gasteiger partial charge in [0.05, 0.1) is 5.69 Å². The molecule has 5 rings (SSSR count). The zero-order chi connectivity index (χ0) is 28.1. The Morgan fingerprint density at radius 1 is 0.875 bits per heavy atom. The van der Waals surface area contributed by atoms with Crippen LogP contribution in [0.15, 0.2) is 97.5 Å². The Morgan fingerprint density at radius 3 is 2.33 bits per heavy atom. The summed E-state index contributed by atoms with van der Waals surface area (Å²) >= 11 is 5.55. The number of aryl methyl sites for hydroxylation is 1. The summed E-state index contributed by atoms with van der Waals surface area (Å²) in [6, 6.07) is 24.9. The normalized spacial score (nSPS) is 11.2. The summed E-state index contributed by atoms with van der Waals surface area (Å²) in [4.78, 5) is 8.82. The molecule has 0 unspecified atom stereocenters. The lowest BCUT2D eigenvalue weighted by Crippen LogP contribution is -2.20. The number of aromatic nitrogens is 4. The second kappa shape index (κ2) is 11.5. The summed E-state index contributed by atoms with van der Waals surface area (Å²) < 4.78 is 42.5. The van der Waals surface area contributed by atoms with Crippen molar-refractivity contribution in [1.29, 1.82) is 0 Å². The van der Waals surface area contributed by atoms with E-state index in [0.717, 1.165) is 28.8 Å². The third-order valence-electron chi connectivity index (χ3n) is 5.96. The molecule has 202 valence electrons. The van der Waals surface area contributed by atoms with E-state index in [1.54, 1.807) is 6.20 Å². The SMILES string of the molecule is CCc1ccccc1-c1cccnc1NC(=S)Nc1ccc(-c2ncn(-c3ccc(OC(F)(F)F)cc3)n2)cc1. The molecule has 0 aliphatic heterocycles. The minimum absolute atomic E-state index is 0.308. The molecule has 3 aromatic carbocycles. The van der Waals surface area contributed by atoms with Gasteiger partial charge in [0.2, 0.25) is 0 Å². The minimum atomic E-state index is -4.75. The van der Waals surface area contributed by atoms with E-state index in [4.69, 9.17) is 12.2 Å². The summed E-state index contributed by atoms with van der Waals surface area (Å²) in [6.45, 7) is 2.12. The predicted octanol–water partition coefficient (Wildman–Crippen LogP) is 7.27. The fourth-order valence-electron chi connectivity index (χ4n) is 4.11. The fraction of sp³-hybridized carbons (Fsp3) is 0.103. The quantitative estimate of drug-likeness (QED) is 0.203. The number of halogens is 3. The zero-order valence-corrected chi connectivity index (χ0v) is 22.0. The van der Waals surface area contributed by atoms with Crippen LogP contribution in [-0.2, 0) is 6.42 Å². The van der Waals surface area contributed by atoms with Gasteiger partial charge in [-0.1, -0.05) is 31.2 Å². The molecule has 7 nitrogen and oxygen atoms in total. The van der Waals surface area contributed by atoms with Crippen LogP contribution in [0.4, 0.5) is 24.7 Å². The highest BCUT2D eigenvalue weighted by molar-refractivity contribution is 7.80. The number of nitrogens with one attached hydrogen (secondary N) is 2. The van der Waals surface area contributed by atoms with E-state index in [1.165, 1.54) is 40.8 Å². The van der Waals surface area contributed by atoms with Crippen molar-refractivity contribution >= 4 is 28.8 Å². The van der Waals surface area contributed by atoms with Crippen molar-refractivity contribution in [3.63, 3.8) is 0 Å². The van der Waals surface area contributed by atoms with Gasteiger partial charge in [0, 0.05) is 23.0 Å². The first-order valence-electron chi connectivity index (χ1n) is 12.3. The first kappa shape index (κ1) is 26.8. The highest BCUT2D eigenvalue weighted by Crippen LogP contribution is 2.30. The van der Waals surface area contributed by atoms with E-state index in [0.29, 0.717) is 22.4 Å². The third-order valence-corrected chi connectivity index (χ3v) is 6.16. The average molecular weight is 561 g/mol. The van der Waals surface area contributed by atoms with Gasteiger partial charge in [0.15, 0.2) is 10.9 Å². The summed E-state index contributed by atoms with van der Waals surface area (Å²) in [5, 5.41) is 11.2. The summed E-state index contributed by atoms with van der Waals surface area (Å²) in [5.74, 6) is 0.804. The Kier molecular flexibility index (Phi) is 7.74. The number of thiocarbonyl (C=S) groups is 1. The first-order valence-corrected chi connectivity index (χ1v) is 12.7.